The zero-order valence-electron chi connectivity index (χ0n) is 13.4. The van der Waals surface area contributed by atoms with Gasteiger partial charge in [-0.05, 0) is 29.9 Å². The summed E-state index contributed by atoms with van der Waals surface area (Å²) in [6.45, 7) is 0. The van der Waals surface area contributed by atoms with E-state index in [1.807, 2.05) is 29.9 Å². The third-order valence-electron chi connectivity index (χ3n) is 3.51. The summed E-state index contributed by atoms with van der Waals surface area (Å²) in [6.07, 6.45) is 7.55. The van der Waals surface area contributed by atoms with Crippen LogP contribution in [0.25, 0.3) is 0 Å². The van der Waals surface area contributed by atoms with E-state index in [1.165, 1.54) is 16.0 Å². The fourth-order valence-electron chi connectivity index (χ4n) is 2.45. The van der Waals surface area contributed by atoms with Crippen molar-refractivity contribution >= 4 is 17.2 Å². The van der Waals surface area contributed by atoms with Gasteiger partial charge in [0.15, 0.2) is 5.84 Å². The maximum Gasteiger partial charge on any atom is 0.166 e. The first-order valence-electron chi connectivity index (χ1n) is 7.59. The van der Waals surface area contributed by atoms with E-state index in [-0.39, 0.29) is 0 Å². The Morgan fingerprint density at radius 1 is 1.17 bits per heavy atom. The van der Waals surface area contributed by atoms with Crippen molar-refractivity contribution < 1.29 is 0 Å². The van der Waals surface area contributed by atoms with Crippen molar-refractivity contribution in [3.8, 4) is 0 Å². The molecule has 4 nitrogen and oxygen atoms in total. The number of aromatic nitrogens is 2. The molecular weight excluding hydrogens is 304 g/mol. The number of imidazole rings is 1. The van der Waals surface area contributed by atoms with Gasteiger partial charge in [0.1, 0.15) is 6.33 Å². The fourth-order valence-corrected chi connectivity index (χ4v) is 3.33. The Hall–Kier alpha value is -2.40. The maximum absolute atomic E-state index is 4.66. The lowest BCUT2D eigenvalue weighted by molar-refractivity contribution is 0.435. The number of thiophene rings is 1. The van der Waals surface area contributed by atoms with Crippen LogP contribution in [-0.4, -0.2) is 34.5 Å². The van der Waals surface area contributed by atoms with E-state index in [0.29, 0.717) is 0 Å². The number of aryl methyl sites for hydroxylation is 2. The van der Waals surface area contributed by atoms with E-state index in [4.69, 9.17) is 0 Å². The van der Waals surface area contributed by atoms with Crippen molar-refractivity contribution in [2.24, 2.45) is 5.10 Å². The second-order valence-electron chi connectivity index (χ2n) is 5.48. The maximum atomic E-state index is 4.66. The third kappa shape index (κ3) is 3.87. The van der Waals surface area contributed by atoms with Crippen molar-refractivity contribution in [3.63, 3.8) is 0 Å². The van der Waals surface area contributed by atoms with Crippen molar-refractivity contribution in [1.29, 1.82) is 0 Å². The van der Waals surface area contributed by atoms with Gasteiger partial charge >= 0.3 is 0 Å². The Bertz CT molecular complexity index is 757. The molecule has 0 radical (unpaired) electrons. The summed E-state index contributed by atoms with van der Waals surface area (Å²) in [7, 11) is 3.87. The van der Waals surface area contributed by atoms with Crippen LogP contribution < -0.4 is 0 Å². The lowest BCUT2D eigenvalue weighted by atomic mass is 10.1. The standard InChI is InChI=1S/C18H20N4S/c1-21(2)20-18(22-12-11-19-14-22)16-10-13-23-17(16)9-8-15-6-4-3-5-7-15/h3-7,10-14H,8-9H2,1-2H3. The van der Waals surface area contributed by atoms with Crippen LogP contribution in [-0.2, 0) is 12.8 Å². The Kier molecular flexibility index (Phi) is 4.88. The van der Waals surface area contributed by atoms with Crippen LogP contribution in [0.5, 0.6) is 0 Å². The summed E-state index contributed by atoms with van der Waals surface area (Å²) in [4.78, 5) is 5.50. The summed E-state index contributed by atoms with van der Waals surface area (Å²) < 4.78 is 1.97. The predicted octanol–water partition coefficient (Wildman–Crippen LogP) is 3.50. The van der Waals surface area contributed by atoms with Crippen LogP contribution in [0.2, 0.25) is 0 Å². The normalized spacial score (nSPS) is 11.7. The molecule has 3 rings (SSSR count). The molecule has 0 saturated carbocycles. The Morgan fingerprint density at radius 2 is 2.00 bits per heavy atom. The molecular formula is C18H20N4S. The SMILES string of the molecule is CN(C)N=C(c1ccsc1CCc1ccccc1)n1ccnc1. The molecule has 5 heteroatoms. The molecule has 0 aliphatic heterocycles. The Labute approximate surface area is 140 Å². The Morgan fingerprint density at radius 3 is 2.70 bits per heavy atom. The molecule has 0 N–H and O–H groups in total. The average Bonchev–Trinajstić information content (AvgIpc) is 3.23. The molecule has 2 aromatic heterocycles. The largest absolute Gasteiger partial charge is 0.301 e. The second kappa shape index (κ2) is 7.24. The van der Waals surface area contributed by atoms with Gasteiger partial charge in [0.25, 0.3) is 0 Å². The van der Waals surface area contributed by atoms with Crippen LogP contribution in [0, 0.1) is 0 Å². The first-order valence-corrected chi connectivity index (χ1v) is 8.47. The lowest BCUT2D eigenvalue weighted by Crippen LogP contribution is -2.18. The average molecular weight is 324 g/mol. The monoisotopic (exact) mass is 324 g/mol. The van der Waals surface area contributed by atoms with E-state index in [1.54, 1.807) is 23.9 Å². The van der Waals surface area contributed by atoms with Gasteiger partial charge in [0, 0.05) is 36.9 Å². The summed E-state index contributed by atoms with van der Waals surface area (Å²) in [6, 6.07) is 12.7. The van der Waals surface area contributed by atoms with Gasteiger partial charge < -0.3 is 5.01 Å². The summed E-state index contributed by atoms with van der Waals surface area (Å²) >= 11 is 1.79. The van der Waals surface area contributed by atoms with Crippen LogP contribution >= 0.6 is 11.3 Å². The minimum atomic E-state index is 0.914. The molecule has 23 heavy (non-hydrogen) atoms. The van der Waals surface area contributed by atoms with Crippen molar-refractivity contribution in [2.45, 2.75) is 12.8 Å². The fraction of sp³-hybridized carbons (Fsp3) is 0.222. The number of hydrazone groups is 1. The smallest absolute Gasteiger partial charge is 0.166 e. The molecule has 0 bridgehead atoms. The topological polar surface area (TPSA) is 33.4 Å². The molecule has 0 atom stereocenters. The minimum absolute atomic E-state index is 0.914. The molecule has 0 aliphatic rings. The number of hydrogen-bond acceptors (Lipinski definition) is 4. The molecule has 0 fully saturated rings. The molecule has 2 heterocycles. The number of hydrogen-bond donors (Lipinski definition) is 0. The molecule has 1 aromatic carbocycles. The van der Waals surface area contributed by atoms with Crippen molar-refractivity contribution in [2.75, 3.05) is 14.1 Å². The highest BCUT2D eigenvalue weighted by Gasteiger charge is 2.13. The quantitative estimate of drug-likeness (QED) is 0.409. The Balaban J connectivity index is 1.86. The number of rotatable bonds is 5. The number of benzene rings is 1. The second-order valence-corrected chi connectivity index (χ2v) is 6.48. The van der Waals surface area contributed by atoms with Crippen LogP contribution in [0.15, 0.2) is 65.6 Å². The van der Waals surface area contributed by atoms with Crippen LogP contribution in [0.1, 0.15) is 16.0 Å². The van der Waals surface area contributed by atoms with Crippen LogP contribution in [0.3, 0.4) is 0 Å². The molecule has 0 unspecified atom stereocenters. The van der Waals surface area contributed by atoms with Gasteiger partial charge in [-0.15, -0.1) is 11.3 Å². The van der Waals surface area contributed by atoms with Crippen LogP contribution in [0.4, 0.5) is 0 Å². The summed E-state index contributed by atoms with van der Waals surface area (Å²) in [5, 5.41) is 8.62. The van der Waals surface area contributed by atoms with Gasteiger partial charge in [0.05, 0.1) is 0 Å². The van der Waals surface area contributed by atoms with E-state index >= 15 is 0 Å². The molecule has 0 amide bonds. The van der Waals surface area contributed by atoms with Gasteiger partial charge in [-0.2, -0.15) is 5.10 Å². The third-order valence-corrected chi connectivity index (χ3v) is 4.49. The van der Waals surface area contributed by atoms with Gasteiger partial charge in [-0.3, -0.25) is 4.57 Å². The molecule has 0 aliphatic carbocycles. The van der Waals surface area contributed by atoms with E-state index in [9.17, 15) is 0 Å². The first kappa shape index (κ1) is 15.5. The van der Waals surface area contributed by atoms with Crippen molar-refractivity contribution in [3.05, 3.63) is 76.5 Å². The van der Waals surface area contributed by atoms with Gasteiger partial charge in [0.2, 0.25) is 0 Å². The number of nitrogens with zero attached hydrogens (tertiary/aromatic N) is 4. The zero-order chi connectivity index (χ0) is 16.1. The first-order chi connectivity index (χ1) is 11.2. The van der Waals surface area contributed by atoms with E-state index in [0.717, 1.165) is 18.7 Å². The minimum Gasteiger partial charge on any atom is -0.301 e. The lowest BCUT2D eigenvalue weighted by Gasteiger charge is -2.12. The summed E-state index contributed by atoms with van der Waals surface area (Å²) in [5.74, 6) is 0.914. The van der Waals surface area contributed by atoms with Crippen molar-refractivity contribution in [1.82, 2.24) is 14.6 Å². The molecule has 118 valence electrons. The highest BCUT2D eigenvalue weighted by molar-refractivity contribution is 7.10. The van der Waals surface area contributed by atoms with Gasteiger partial charge in [-0.25, -0.2) is 4.98 Å². The molecule has 0 spiro atoms. The van der Waals surface area contributed by atoms with Gasteiger partial charge in [-0.1, -0.05) is 30.3 Å². The highest BCUT2D eigenvalue weighted by Crippen LogP contribution is 2.21. The zero-order valence-corrected chi connectivity index (χ0v) is 14.2. The highest BCUT2D eigenvalue weighted by atomic mass is 32.1. The molecule has 3 aromatic rings. The van der Waals surface area contributed by atoms with E-state index < -0.39 is 0 Å². The predicted molar refractivity (Wildman–Crippen MR) is 96.0 cm³/mol. The van der Waals surface area contributed by atoms with E-state index in [2.05, 4.69) is 51.9 Å². The molecule has 0 saturated heterocycles. The summed E-state index contributed by atoms with van der Waals surface area (Å²) in [5.41, 5.74) is 2.54.